The molecule has 1 aromatic rings. The fourth-order valence-electron chi connectivity index (χ4n) is 2.69. The second-order valence-electron chi connectivity index (χ2n) is 5.53. The Balaban J connectivity index is 2.34. The topological polar surface area (TPSA) is 43.8 Å². The van der Waals surface area contributed by atoms with Crippen LogP contribution in [0.1, 0.15) is 12.5 Å². The van der Waals surface area contributed by atoms with Gasteiger partial charge in [0.15, 0.2) is 0 Å². The van der Waals surface area contributed by atoms with Crippen molar-refractivity contribution in [3.05, 3.63) is 29.8 Å². The van der Waals surface area contributed by atoms with E-state index in [0.717, 1.165) is 17.8 Å². The number of aryl methyl sites for hydroxylation is 1. The molecule has 0 aromatic heterocycles. The number of benzene rings is 1. The average Bonchev–Trinajstić information content (AvgIpc) is 2.46. The van der Waals surface area contributed by atoms with E-state index in [1.54, 1.807) is 0 Å². The maximum atomic E-state index is 12.6. The van der Waals surface area contributed by atoms with Crippen molar-refractivity contribution < 1.29 is 9.90 Å². The largest absolute Gasteiger partial charge is 0.394 e. The summed E-state index contributed by atoms with van der Waals surface area (Å²) in [5, 5.41) is 9.47. The Hall–Kier alpha value is -1.39. The maximum absolute atomic E-state index is 12.6. The molecule has 1 saturated heterocycles. The van der Waals surface area contributed by atoms with Crippen LogP contribution < -0.4 is 4.90 Å². The average molecular weight is 262 g/mol. The predicted octanol–water partition coefficient (Wildman–Crippen LogP) is 1.27. The van der Waals surface area contributed by atoms with Crippen LogP contribution in [0.3, 0.4) is 0 Å². The van der Waals surface area contributed by atoms with Crippen molar-refractivity contribution in [2.45, 2.75) is 19.9 Å². The number of likely N-dealkylation sites (N-methyl/N-ethyl adjacent to an activating group) is 1. The van der Waals surface area contributed by atoms with E-state index in [0.29, 0.717) is 12.5 Å². The van der Waals surface area contributed by atoms with Crippen LogP contribution in [0.15, 0.2) is 24.3 Å². The lowest BCUT2D eigenvalue weighted by molar-refractivity contribution is -0.123. The highest BCUT2D eigenvalue weighted by Crippen LogP contribution is 2.22. The lowest BCUT2D eigenvalue weighted by atomic mass is 10.1. The van der Waals surface area contributed by atoms with Crippen LogP contribution in [0.25, 0.3) is 0 Å². The van der Waals surface area contributed by atoms with Gasteiger partial charge in [-0.3, -0.25) is 9.69 Å². The minimum atomic E-state index is -0.439. The Kier molecular flexibility index (Phi) is 4.22. The molecular formula is C15H22N2O2. The van der Waals surface area contributed by atoms with Crippen molar-refractivity contribution in [2.24, 2.45) is 5.92 Å². The summed E-state index contributed by atoms with van der Waals surface area (Å²) in [5.41, 5.74) is 2.06. The summed E-state index contributed by atoms with van der Waals surface area (Å²) in [5.74, 6) is 0.367. The number of nitrogens with zero attached hydrogens (tertiary/aromatic N) is 2. The molecule has 1 amide bonds. The number of amides is 1. The van der Waals surface area contributed by atoms with Crippen LogP contribution in [0.2, 0.25) is 0 Å². The van der Waals surface area contributed by atoms with E-state index < -0.39 is 6.04 Å². The Morgan fingerprint density at radius 2 is 2.11 bits per heavy atom. The van der Waals surface area contributed by atoms with Gasteiger partial charge in [0.1, 0.15) is 6.04 Å². The summed E-state index contributed by atoms with van der Waals surface area (Å²) >= 11 is 0. The van der Waals surface area contributed by atoms with Gasteiger partial charge in [-0.1, -0.05) is 19.1 Å². The molecule has 104 valence electrons. The number of carbonyl (C=O) groups excluding carboxylic acids is 1. The quantitative estimate of drug-likeness (QED) is 0.873. The van der Waals surface area contributed by atoms with Crippen molar-refractivity contribution in [2.75, 3.05) is 31.6 Å². The molecule has 1 fully saturated rings. The second kappa shape index (κ2) is 5.72. The molecule has 0 aliphatic carbocycles. The Labute approximate surface area is 114 Å². The molecule has 1 aliphatic heterocycles. The fraction of sp³-hybridized carbons (Fsp3) is 0.533. The highest BCUT2D eigenvalue weighted by Gasteiger charge is 2.33. The molecule has 19 heavy (non-hydrogen) atoms. The Morgan fingerprint density at radius 3 is 2.74 bits per heavy atom. The number of aliphatic hydroxyl groups is 1. The lowest BCUT2D eigenvalue weighted by Crippen LogP contribution is -2.46. The summed E-state index contributed by atoms with van der Waals surface area (Å²) in [6.45, 7) is 5.53. The van der Waals surface area contributed by atoms with Crippen molar-refractivity contribution in [3.63, 3.8) is 0 Å². The van der Waals surface area contributed by atoms with Gasteiger partial charge in [-0.15, -0.1) is 0 Å². The molecule has 1 aliphatic rings. The van der Waals surface area contributed by atoms with Gasteiger partial charge < -0.3 is 10.0 Å². The molecule has 4 nitrogen and oxygen atoms in total. The number of anilines is 1. The minimum absolute atomic E-state index is 0.0139. The first kappa shape index (κ1) is 14.0. The van der Waals surface area contributed by atoms with Crippen LogP contribution >= 0.6 is 0 Å². The van der Waals surface area contributed by atoms with Crippen molar-refractivity contribution in [1.82, 2.24) is 4.90 Å². The van der Waals surface area contributed by atoms with Crippen LogP contribution in [0.5, 0.6) is 0 Å². The summed E-state index contributed by atoms with van der Waals surface area (Å²) in [4.78, 5) is 16.3. The molecule has 0 radical (unpaired) electrons. The predicted molar refractivity (Wildman–Crippen MR) is 76.2 cm³/mol. The van der Waals surface area contributed by atoms with Gasteiger partial charge in [-0.25, -0.2) is 0 Å². The zero-order valence-electron chi connectivity index (χ0n) is 11.8. The van der Waals surface area contributed by atoms with E-state index in [9.17, 15) is 9.90 Å². The van der Waals surface area contributed by atoms with Gasteiger partial charge in [0, 0.05) is 18.8 Å². The van der Waals surface area contributed by atoms with Gasteiger partial charge in [0.05, 0.1) is 6.61 Å². The molecule has 2 atom stereocenters. The third kappa shape index (κ3) is 2.96. The molecule has 1 heterocycles. The SMILES string of the molecule is Cc1cccc(N2CC(C)CN(C)C(CO)C2=O)c1. The zero-order chi connectivity index (χ0) is 14.0. The van der Waals surface area contributed by atoms with Gasteiger partial charge in [0.2, 0.25) is 5.91 Å². The molecule has 2 unspecified atom stereocenters. The summed E-state index contributed by atoms with van der Waals surface area (Å²) < 4.78 is 0. The van der Waals surface area contributed by atoms with E-state index in [1.165, 1.54) is 0 Å². The maximum Gasteiger partial charge on any atom is 0.246 e. The monoisotopic (exact) mass is 262 g/mol. The normalized spacial score (nSPS) is 25.5. The Morgan fingerprint density at radius 1 is 1.37 bits per heavy atom. The molecule has 2 rings (SSSR count). The van der Waals surface area contributed by atoms with E-state index in [4.69, 9.17) is 0 Å². The van der Waals surface area contributed by atoms with Crippen LogP contribution in [-0.2, 0) is 4.79 Å². The molecule has 1 aromatic carbocycles. The molecule has 1 N–H and O–H groups in total. The number of rotatable bonds is 2. The molecule has 0 bridgehead atoms. The number of hydrogen-bond donors (Lipinski definition) is 1. The van der Waals surface area contributed by atoms with E-state index >= 15 is 0 Å². The summed E-state index contributed by atoms with van der Waals surface area (Å²) in [6.07, 6.45) is 0. The number of hydrogen-bond acceptors (Lipinski definition) is 3. The third-order valence-corrected chi connectivity index (χ3v) is 3.66. The lowest BCUT2D eigenvalue weighted by Gasteiger charge is -2.26. The smallest absolute Gasteiger partial charge is 0.246 e. The zero-order valence-corrected chi connectivity index (χ0v) is 11.8. The molecule has 0 saturated carbocycles. The number of carbonyl (C=O) groups is 1. The van der Waals surface area contributed by atoms with Crippen molar-refractivity contribution >= 4 is 11.6 Å². The molecule has 4 heteroatoms. The van der Waals surface area contributed by atoms with Gasteiger partial charge in [-0.05, 0) is 37.6 Å². The highest BCUT2D eigenvalue weighted by atomic mass is 16.3. The van der Waals surface area contributed by atoms with E-state index in [-0.39, 0.29) is 12.5 Å². The highest BCUT2D eigenvalue weighted by molar-refractivity contribution is 5.97. The van der Waals surface area contributed by atoms with Crippen LogP contribution in [0, 0.1) is 12.8 Å². The molecule has 0 spiro atoms. The number of aliphatic hydroxyl groups excluding tert-OH is 1. The van der Waals surface area contributed by atoms with E-state index in [1.807, 2.05) is 48.0 Å². The van der Waals surface area contributed by atoms with Crippen LogP contribution in [-0.4, -0.2) is 48.7 Å². The van der Waals surface area contributed by atoms with Crippen molar-refractivity contribution in [3.8, 4) is 0 Å². The third-order valence-electron chi connectivity index (χ3n) is 3.66. The first-order valence-electron chi connectivity index (χ1n) is 6.72. The second-order valence-corrected chi connectivity index (χ2v) is 5.53. The fourth-order valence-corrected chi connectivity index (χ4v) is 2.69. The Bertz CT molecular complexity index is 461. The van der Waals surface area contributed by atoms with E-state index in [2.05, 4.69) is 6.92 Å². The molecular weight excluding hydrogens is 240 g/mol. The minimum Gasteiger partial charge on any atom is -0.394 e. The van der Waals surface area contributed by atoms with Gasteiger partial charge in [-0.2, -0.15) is 0 Å². The summed E-state index contributed by atoms with van der Waals surface area (Å²) in [7, 11) is 1.90. The summed E-state index contributed by atoms with van der Waals surface area (Å²) in [6, 6.07) is 7.52. The van der Waals surface area contributed by atoms with Gasteiger partial charge in [0.25, 0.3) is 0 Å². The first-order valence-corrected chi connectivity index (χ1v) is 6.72. The first-order chi connectivity index (χ1) is 9.02. The van der Waals surface area contributed by atoms with Crippen LogP contribution in [0.4, 0.5) is 5.69 Å². The standard InChI is InChI=1S/C15H22N2O2/c1-11-5-4-6-13(7-11)17-9-12(2)8-16(3)14(10-18)15(17)19/h4-7,12,14,18H,8-10H2,1-3H3. The van der Waals surface area contributed by atoms with Crippen molar-refractivity contribution in [1.29, 1.82) is 0 Å². The van der Waals surface area contributed by atoms with Gasteiger partial charge >= 0.3 is 0 Å².